The molecule has 0 aliphatic carbocycles. The van der Waals surface area contributed by atoms with Crippen molar-refractivity contribution in [1.29, 1.82) is 0 Å². The lowest BCUT2D eigenvalue weighted by Crippen LogP contribution is -2.45. The van der Waals surface area contributed by atoms with Gasteiger partial charge in [0.25, 0.3) is 0 Å². The molecule has 0 spiro atoms. The highest BCUT2D eigenvalue weighted by Gasteiger charge is 2.31. The van der Waals surface area contributed by atoms with Gasteiger partial charge < -0.3 is 10.1 Å². The van der Waals surface area contributed by atoms with Gasteiger partial charge in [-0.3, -0.25) is 0 Å². The van der Waals surface area contributed by atoms with Crippen LogP contribution < -0.4 is 10.0 Å². The van der Waals surface area contributed by atoms with Crippen molar-refractivity contribution >= 4 is 27.4 Å². The van der Waals surface area contributed by atoms with Crippen molar-refractivity contribution in [2.24, 2.45) is 0 Å². The molecule has 1 aromatic heterocycles. The van der Waals surface area contributed by atoms with E-state index in [-0.39, 0.29) is 21.6 Å². The summed E-state index contributed by atoms with van der Waals surface area (Å²) in [5.74, 6) is 0.447. The summed E-state index contributed by atoms with van der Waals surface area (Å²) in [6, 6.07) is 1.24. The van der Waals surface area contributed by atoms with Crippen molar-refractivity contribution in [2.75, 3.05) is 19.0 Å². The quantitative estimate of drug-likeness (QED) is 0.881. The van der Waals surface area contributed by atoms with Crippen LogP contribution in [-0.2, 0) is 14.8 Å². The Bertz CT molecular complexity index is 619. The van der Waals surface area contributed by atoms with Crippen LogP contribution in [0.15, 0.2) is 17.2 Å². The molecule has 21 heavy (non-hydrogen) atoms. The van der Waals surface area contributed by atoms with Crippen molar-refractivity contribution in [1.82, 2.24) is 9.71 Å². The van der Waals surface area contributed by atoms with Crippen molar-refractivity contribution in [3.8, 4) is 0 Å². The standard InChI is InChI=1S/C13H20ClN3O3S/c1-13(2)7-9(4-5-20-13)17-21(18,19)10-6-11(14)12(15-3)16-8-10/h6,8-9,17H,4-5,7H2,1-3H3,(H,15,16). The fourth-order valence-electron chi connectivity index (χ4n) is 2.37. The first-order valence-electron chi connectivity index (χ1n) is 6.73. The van der Waals surface area contributed by atoms with Crippen molar-refractivity contribution in [2.45, 2.75) is 43.2 Å². The second-order valence-electron chi connectivity index (χ2n) is 5.67. The van der Waals surface area contributed by atoms with Crippen molar-refractivity contribution < 1.29 is 13.2 Å². The Morgan fingerprint density at radius 1 is 1.48 bits per heavy atom. The van der Waals surface area contributed by atoms with Gasteiger partial charge in [-0.25, -0.2) is 18.1 Å². The molecule has 8 heteroatoms. The SMILES string of the molecule is CNc1ncc(S(=O)(=O)NC2CCOC(C)(C)C2)cc1Cl. The molecule has 0 amide bonds. The molecule has 1 aliphatic heterocycles. The lowest BCUT2D eigenvalue weighted by molar-refractivity contribution is -0.0599. The molecule has 0 bridgehead atoms. The zero-order chi connectivity index (χ0) is 15.7. The third-order valence-corrected chi connectivity index (χ3v) is 5.16. The van der Waals surface area contributed by atoms with Gasteiger partial charge in [-0.15, -0.1) is 0 Å². The van der Waals surface area contributed by atoms with Gasteiger partial charge in [0.05, 0.1) is 10.6 Å². The van der Waals surface area contributed by atoms with Crippen LogP contribution in [-0.4, -0.2) is 38.7 Å². The number of pyridine rings is 1. The van der Waals surface area contributed by atoms with E-state index >= 15 is 0 Å². The smallest absolute Gasteiger partial charge is 0.242 e. The summed E-state index contributed by atoms with van der Waals surface area (Å²) < 4.78 is 33.1. The molecule has 1 atom stereocenters. The number of halogens is 1. The normalized spacial score (nSPS) is 22.0. The van der Waals surface area contributed by atoms with Gasteiger partial charge in [-0.05, 0) is 32.8 Å². The molecule has 1 unspecified atom stereocenters. The van der Waals surface area contributed by atoms with E-state index in [1.54, 1.807) is 7.05 Å². The Labute approximate surface area is 130 Å². The first kappa shape index (κ1) is 16.5. The Morgan fingerprint density at radius 2 is 2.19 bits per heavy atom. The summed E-state index contributed by atoms with van der Waals surface area (Å²) in [5, 5.41) is 3.06. The molecular weight excluding hydrogens is 314 g/mol. The molecular formula is C13H20ClN3O3S. The topological polar surface area (TPSA) is 80.3 Å². The van der Waals surface area contributed by atoms with E-state index in [1.807, 2.05) is 13.8 Å². The molecule has 2 heterocycles. The lowest BCUT2D eigenvalue weighted by Gasteiger charge is -2.35. The molecule has 1 fully saturated rings. The maximum absolute atomic E-state index is 12.4. The predicted molar refractivity (Wildman–Crippen MR) is 82.2 cm³/mol. The average molecular weight is 334 g/mol. The van der Waals surface area contributed by atoms with Gasteiger partial charge in [-0.2, -0.15) is 0 Å². The van der Waals surface area contributed by atoms with Gasteiger partial charge in [0.2, 0.25) is 10.0 Å². The fraction of sp³-hybridized carbons (Fsp3) is 0.615. The summed E-state index contributed by atoms with van der Waals surface area (Å²) in [7, 11) is -1.97. The second-order valence-corrected chi connectivity index (χ2v) is 7.79. The number of sulfonamides is 1. The monoisotopic (exact) mass is 333 g/mol. The van der Waals surface area contributed by atoms with E-state index in [2.05, 4.69) is 15.0 Å². The molecule has 2 rings (SSSR count). The van der Waals surface area contributed by atoms with Gasteiger partial charge in [-0.1, -0.05) is 11.6 Å². The van der Waals surface area contributed by atoms with E-state index in [1.165, 1.54) is 12.3 Å². The Balaban J connectivity index is 2.17. The molecule has 1 aromatic rings. The Morgan fingerprint density at radius 3 is 2.76 bits per heavy atom. The molecule has 1 saturated heterocycles. The number of anilines is 1. The average Bonchev–Trinajstić information content (AvgIpc) is 2.36. The van der Waals surface area contributed by atoms with Crippen LogP contribution in [0.1, 0.15) is 26.7 Å². The summed E-state index contributed by atoms with van der Waals surface area (Å²) in [6.45, 7) is 4.44. The second kappa shape index (κ2) is 6.08. The summed E-state index contributed by atoms with van der Waals surface area (Å²) in [6.07, 6.45) is 2.57. The maximum Gasteiger partial charge on any atom is 0.242 e. The summed E-state index contributed by atoms with van der Waals surface area (Å²) in [5.41, 5.74) is -0.322. The molecule has 6 nitrogen and oxygen atoms in total. The third-order valence-electron chi connectivity index (χ3n) is 3.38. The molecule has 118 valence electrons. The summed E-state index contributed by atoms with van der Waals surface area (Å²) in [4.78, 5) is 4.06. The van der Waals surface area contributed by atoms with Gasteiger partial charge in [0, 0.05) is 25.9 Å². The highest BCUT2D eigenvalue weighted by atomic mass is 35.5. The number of hydrogen-bond acceptors (Lipinski definition) is 5. The van der Waals surface area contributed by atoms with Crippen LogP contribution in [0.2, 0.25) is 5.02 Å². The molecule has 0 aromatic carbocycles. The van der Waals surface area contributed by atoms with Crippen LogP contribution in [0.25, 0.3) is 0 Å². The molecule has 2 N–H and O–H groups in total. The van der Waals surface area contributed by atoms with Gasteiger partial charge in [0.15, 0.2) is 0 Å². The van der Waals surface area contributed by atoms with Crippen LogP contribution in [0, 0.1) is 0 Å². The third kappa shape index (κ3) is 4.06. The zero-order valence-corrected chi connectivity index (χ0v) is 13.9. The molecule has 0 radical (unpaired) electrons. The number of nitrogens with zero attached hydrogens (tertiary/aromatic N) is 1. The zero-order valence-electron chi connectivity index (χ0n) is 12.3. The van der Waals surface area contributed by atoms with Crippen molar-refractivity contribution in [3.63, 3.8) is 0 Å². The Kier molecular flexibility index (Phi) is 4.77. The van der Waals surface area contributed by atoms with E-state index in [4.69, 9.17) is 16.3 Å². The number of hydrogen-bond donors (Lipinski definition) is 2. The lowest BCUT2D eigenvalue weighted by atomic mass is 9.95. The Hall–Kier alpha value is -0.890. The van der Waals surface area contributed by atoms with E-state index in [9.17, 15) is 8.42 Å². The first-order valence-corrected chi connectivity index (χ1v) is 8.59. The highest BCUT2D eigenvalue weighted by molar-refractivity contribution is 7.89. The van der Waals surface area contributed by atoms with Crippen LogP contribution in [0.4, 0.5) is 5.82 Å². The minimum absolute atomic E-state index is 0.0656. The maximum atomic E-state index is 12.4. The first-order chi connectivity index (χ1) is 9.73. The number of ether oxygens (including phenoxy) is 1. The molecule has 0 saturated carbocycles. The fourth-order valence-corrected chi connectivity index (χ4v) is 3.94. The largest absolute Gasteiger partial charge is 0.375 e. The van der Waals surface area contributed by atoms with Gasteiger partial charge >= 0.3 is 0 Å². The molecule has 1 aliphatic rings. The predicted octanol–water partition coefficient (Wildman–Crippen LogP) is 2.01. The van der Waals surface area contributed by atoms with Crippen molar-refractivity contribution in [3.05, 3.63) is 17.3 Å². The van der Waals surface area contributed by atoms with Crippen LogP contribution >= 0.6 is 11.6 Å². The van der Waals surface area contributed by atoms with E-state index in [0.717, 1.165) is 0 Å². The minimum atomic E-state index is -3.64. The number of nitrogens with one attached hydrogen (secondary N) is 2. The highest BCUT2D eigenvalue weighted by Crippen LogP contribution is 2.26. The number of rotatable bonds is 4. The van der Waals surface area contributed by atoms with Crippen LogP contribution in [0.5, 0.6) is 0 Å². The summed E-state index contributed by atoms with van der Waals surface area (Å²) >= 11 is 5.99. The minimum Gasteiger partial charge on any atom is -0.375 e. The van der Waals surface area contributed by atoms with E-state index in [0.29, 0.717) is 25.3 Å². The van der Waals surface area contributed by atoms with Crippen LogP contribution in [0.3, 0.4) is 0 Å². The van der Waals surface area contributed by atoms with Gasteiger partial charge in [0.1, 0.15) is 10.7 Å². The number of aromatic nitrogens is 1. The van der Waals surface area contributed by atoms with E-state index < -0.39 is 10.0 Å².